The molecule has 0 amide bonds. The second kappa shape index (κ2) is 10.3. The van der Waals surface area contributed by atoms with E-state index < -0.39 is 0 Å². The quantitative estimate of drug-likeness (QED) is 0.503. The highest BCUT2D eigenvalue weighted by Gasteiger charge is 2.65. The van der Waals surface area contributed by atoms with Gasteiger partial charge in [-0.25, -0.2) is 0 Å². The number of carbonyl (C=O) groups is 2. The van der Waals surface area contributed by atoms with Crippen LogP contribution in [0.25, 0.3) is 0 Å². The molecule has 6 fully saturated rings. The van der Waals surface area contributed by atoms with Gasteiger partial charge >= 0.3 is 11.9 Å². The Labute approximate surface area is 229 Å². The van der Waals surface area contributed by atoms with Crippen molar-refractivity contribution in [3.8, 4) is 0 Å². The first kappa shape index (κ1) is 27.0. The molecular weight excluding hydrogens is 480 g/mol. The predicted molar refractivity (Wildman–Crippen MR) is 144 cm³/mol. The van der Waals surface area contributed by atoms with Crippen LogP contribution >= 0.6 is 0 Å². The standard InChI is InChI=1S/C31H50N2O5/c1-20(34)37-28-17-22-7-8-23-24(31(22,4)19-27(28)33-13-15-36-16-14-33)9-10-30(3)25(23)18-26(29(30)38-21(2)35)32-11-5-6-12-32/h22-29H,5-19H2,1-4H3/t22-,23+,24-,25-,26-,27-,28-,29-,30-,31-/m0/s1. The number of likely N-dealkylation sites (tertiary alicyclic amines) is 1. The van der Waals surface area contributed by atoms with Crippen LogP contribution < -0.4 is 0 Å². The summed E-state index contributed by atoms with van der Waals surface area (Å²) < 4.78 is 17.9. The summed E-state index contributed by atoms with van der Waals surface area (Å²) >= 11 is 0. The van der Waals surface area contributed by atoms with Gasteiger partial charge in [-0.15, -0.1) is 0 Å². The van der Waals surface area contributed by atoms with E-state index in [4.69, 9.17) is 14.2 Å². The van der Waals surface area contributed by atoms with E-state index in [1.165, 1.54) is 38.5 Å². The van der Waals surface area contributed by atoms with Crippen molar-refractivity contribution < 1.29 is 23.8 Å². The van der Waals surface area contributed by atoms with E-state index >= 15 is 0 Å². The number of carbonyl (C=O) groups excluding carboxylic acids is 2. The van der Waals surface area contributed by atoms with Crippen LogP contribution in [0.3, 0.4) is 0 Å². The Kier molecular flexibility index (Phi) is 7.35. The smallest absolute Gasteiger partial charge is 0.302 e. The summed E-state index contributed by atoms with van der Waals surface area (Å²) in [7, 11) is 0. The first-order chi connectivity index (χ1) is 18.2. The predicted octanol–water partition coefficient (Wildman–Crippen LogP) is 4.28. The van der Waals surface area contributed by atoms with Crippen molar-refractivity contribution in [3.05, 3.63) is 0 Å². The van der Waals surface area contributed by atoms with Crippen LogP contribution in [0, 0.1) is 34.5 Å². The van der Waals surface area contributed by atoms with Gasteiger partial charge in [-0.1, -0.05) is 13.8 Å². The van der Waals surface area contributed by atoms with Gasteiger partial charge in [0.1, 0.15) is 12.2 Å². The van der Waals surface area contributed by atoms with Gasteiger partial charge in [-0.2, -0.15) is 0 Å². The number of ether oxygens (including phenoxy) is 3. The molecule has 6 aliphatic rings. The zero-order valence-electron chi connectivity index (χ0n) is 24.2. The molecular formula is C31H50N2O5. The fraction of sp³-hybridized carbons (Fsp3) is 0.935. The van der Waals surface area contributed by atoms with E-state index in [9.17, 15) is 9.59 Å². The Morgan fingerprint density at radius 3 is 2.16 bits per heavy atom. The second-order valence-electron chi connectivity index (χ2n) is 14.1. The summed E-state index contributed by atoms with van der Waals surface area (Å²) in [5, 5.41) is 0. The Balaban J connectivity index is 1.27. The molecule has 0 aromatic heterocycles. The van der Waals surface area contributed by atoms with Crippen molar-refractivity contribution in [2.24, 2.45) is 34.5 Å². The zero-order valence-corrected chi connectivity index (χ0v) is 24.2. The van der Waals surface area contributed by atoms with Gasteiger partial charge in [-0.05, 0) is 100.0 Å². The molecule has 0 N–H and O–H groups in total. The summed E-state index contributed by atoms with van der Waals surface area (Å²) in [4.78, 5) is 29.6. The SMILES string of the molecule is CC(=O)O[C@H]1C[C@@H]2CC[C@@H]3[C@H](CC[C@@]4(C)[C@H]3C[C@H](N3CCCC3)[C@@H]4OC(C)=O)[C@@]2(C)C[C@@H]1N1CCOCC1. The third kappa shape index (κ3) is 4.52. The molecule has 214 valence electrons. The highest BCUT2D eigenvalue weighted by Crippen LogP contribution is 2.67. The van der Waals surface area contributed by atoms with Crippen molar-refractivity contribution in [2.45, 2.75) is 110 Å². The molecule has 0 unspecified atom stereocenters. The fourth-order valence-electron chi connectivity index (χ4n) is 10.6. The number of fused-ring (bicyclic) bond motifs is 5. The van der Waals surface area contributed by atoms with Gasteiger partial charge in [0.05, 0.1) is 13.2 Å². The van der Waals surface area contributed by atoms with Gasteiger partial charge in [-0.3, -0.25) is 19.4 Å². The lowest BCUT2D eigenvalue weighted by Gasteiger charge is -2.62. The van der Waals surface area contributed by atoms with Crippen LogP contribution in [-0.4, -0.2) is 85.4 Å². The van der Waals surface area contributed by atoms with Crippen molar-refractivity contribution >= 4 is 11.9 Å². The Morgan fingerprint density at radius 1 is 0.789 bits per heavy atom. The van der Waals surface area contributed by atoms with E-state index in [0.717, 1.165) is 58.7 Å². The summed E-state index contributed by atoms with van der Waals surface area (Å²) in [6, 6.07) is 0.660. The van der Waals surface area contributed by atoms with Crippen LogP contribution in [0.15, 0.2) is 0 Å². The molecule has 4 aliphatic carbocycles. The van der Waals surface area contributed by atoms with E-state index in [-0.39, 0.29) is 41.0 Å². The van der Waals surface area contributed by atoms with E-state index in [0.29, 0.717) is 29.7 Å². The average Bonchev–Trinajstić information content (AvgIpc) is 3.51. The second-order valence-corrected chi connectivity index (χ2v) is 14.1. The Bertz CT molecular complexity index is 901. The van der Waals surface area contributed by atoms with E-state index in [1.54, 1.807) is 13.8 Å². The zero-order chi connectivity index (χ0) is 26.7. The first-order valence-corrected chi connectivity index (χ1v) is 15.6. The lowest BCUT2D eigenvalue weighted by molar-refractivity contribution is -0.182. The molecule has 7 nitrogen and oxygen atoms in total. The van der Waals surface area contributed by atoms with E-state index in [1.807, 2.05) is 0 Å². The van der Waals surface area contributed by atoms with Crippen LogP contribution in [0.5, 0.6) is 0 Å². The largest absolute Gasteiger partial charge is 0.461 e. The molecule has 0 aromatic rings. The monoisotopic (exact) mass is 530 g/mol. The number of hydrogen-bond donors (Lipinski definition) is 0. The molecule has 0 spiro atoms. The van der Waals surface area contributed by atoms with Crippen molar-refractivity contribution in [3.63, 3.8) is 0 Å². The maximum absolute atomic E-state index is 12.3. The first-order valence-electron chi connectivity index (χ1n) is 15.6. The number of rotatable bonds is 4. The molecule has 10 atom stereocenters. The van der Waals surface area contributed by atoms with E-state index in [2.05, 4.69) is 23.6 Å². The van der Waals surface area contributed by atoms with Crippen LogP contribution in [0.4, 0.5) is 0 Å². The lowest BCUT2D eigenvalue weighted by Crippen LogP contribution is -2.61. The van der Waals surface area contributed by atoms with Gasteiger partial charge in [0.25, 0.3) is 0 Å². The third-order valence-electron chi connectivity index (χ3n) is 12.3. The Morgan fingerprint density at radius 2 is 1.47 bits per heavy atom. The molecule has 2 aliphatic heterocycles. The number of morpholine rings is 1. The lowest BCUT2D eigenvalue weighted by atomic mass is 9.44. The summed E-state index contributed by atoms with van der Waals surface area (Å²) in [5.74, 6) is 2.34. The fourth-order valence-corrected chi connectivity index (χ4v) is 10.6. The summed E-state index contributed by atoms with van der Waals surface area (Å²) in [6.45, 7) is 13.9. The average molecular weight is 531 g/mol. The minimum atomic E-state index is -0.144. The minimum absolute atomic E-state index is 0.00606. The molecule has 2 saturated heterocycles. The Hall–Kier alpha value is -1.18. The summed E-state index contributed by atoms with van der Waals surface area (Å²) in [6.07, 6.45) is 10.7. The number of nitrogens with zero attached hydrogens (tertiary/aromatic N) is 2. The van der Waals surface area contributed by atoms with Crippen molar-refractivity contribution in [1.82, 2.24) is 9.80 Å². The molecule has 6 rings (SSSR count). The van der Waals surface area contributed by atoms with Gasteiger partial charge in [0.2, 0.25) is 0 Å². The van der Waals surface area contributed by atoms with Crippen molar-refractivity contribution in [2.75, 3.05) is 39.4 Å². The molecule has 4 saturated carbocycles. The minimum Gasteiger partial charge on any atom is -0.461 e. The molecule has 7 heteroatoms. The van der Waals surface area contributed by atoms with Crippen LogP contribution in [-0.2, 0) is 23.8 Å². The molecule has 0 radical (unpaired) electrons. The topological polar surface area (TPSA) is 68.3 Å². The molecule has 0 bridgehead atoms. The third-order valence-corrected chi connectivity index (χ3v) is 12.3. The summed E-state index contributed by atoms with van der Waals surface area (Å²) in [5.41, 5.74) is 0.328. The number of hydrogen-bond acceptors (Lipinski definition) is 7. The normalized spacial score (nSPS) is 47.6. The number of esters is 2. The van der Waals surface area contributed by atoms with Crippen molar-refractivity contribution in [1.29, 1.82) is 0 Å². The molecule has 0 aromatic carbocycles. The van der Waals surface area contributed by atoms with Gasteiger partial charge < -0.3 is 14.2 Å². The van der Waals surface area contributed by atoms with Crippen LogP contribution in [0.1, 0.15) is 85.5 Å². The maximum Gasteiger partial charge on any atom is 0.302 e. The molecule has 38 heavy (non-hydrogen) atoms. The van der Waals surface area contributed by atoms with Gasteiger partial charge in [0.15, 0.2) is 0 Å². The molecule has 2 heterocycles. The highest BCUT2D eigenvalue weighted by atomic mass is 16.5. The van der Waals surface area contributed by atoms with Crippen LogP contribution in [0.2, 0.25) is 0 Å². The maximum atomic E-state index is 12.3. The van der Waals surface area contributed by atoms with Gasteiger partial charge in [0, 0.05) is 44.4 Å². The highest BCUT2D eigenvalue weighted by molar-refractivity contribution is 5.66.